The number of nitrogens with one attached hydrogen (secondary N) is 1. The maximum Gasteiger partial charge on any atom is 0.223 e. The number of hydrogen-bond acceptors (Lipinski definition) is 1. The number of hydrogen-bond donors (Lipinski definition) is 1. The monoisotopic (exact) mass is 429 g/mol. The van der Waals surface area contributed by atoms with Crippen LogP contribution >= 0.6 is 0 Å². The summed E-state index contributed by atoms with van der Waals surface area (Å²) < 4.78 is 0. The van der Waals surface area contributed by atoms with E-state index in [2.05, 4.69) is 75.5 Å². The van der Waals surface area contributed by atoms with Crippen molar-refractivity contribution < 1.29 is 4.79 Å². The fraction of sp³-hybridized carbons (Fsp3) is 0.567. The van der Waals surface area contributed by atoms with Gasteiger partial charge in [0.15, 0.2) is 0 Å². The van der Waals surface area contributed by atoms with Crippen molar-refractivity contribution in [3.8, 4) is 0 Å². The van der Waals surface area contributed by atoms with E-state index in [4.69, 9.17) is 0 Å². The van der Waals surface area contributed by atoms with Gasteiger partial charge in [0.1, 0.15) is 0 Å². The van der Waals surface area contributed by atoms with Crippen LogP contribution in [0.4, 0.5) is 0 Å². The van der Waals surface area contributed by atoms with Crippen LogP contribution in [-0.2, 0) is 16.6 Å². The maximum atomic E-state index is 13.0. The second kappa shape index (κ2) is 8.04. The van der Waals surface area contributed by atoms with Gasteiger partial charge in [-0.25, -0.2) is 0 Å². The summed E-state index contributed by atoms with van der Waals surface area (Å²) in [7, 11) is 0. The summed E-state index contributed by atoms with van der Waals surface area (Å²) in [5.41, 5.74) is 6.35. The highest BCUT2D eigenvalue weighted by atomic mass is 16.2. The Labute approximate surface area is 194 Å². The maximum absolute atomic E-state index is 13.0. The second-order valence-corrected chi connectivity index (χ2v) is 11.7. The number of aryl methyl sites for hydroxylation is 1. The third-order valence-corrected chi connectivity index (χ3v) is 9.19. The van der Waals surface area contributed by atoms with E-state index < -0.39 is 0 Å². The van der Waals surface area contributed by atoms with E-state index in [0.717, 1.165) is 13.0 Å². The molecule has 1 amide bonds. The molecule has 2 saturated carbocycles. The molecule has 2 aromatic rings. The summed E-state index contributed by atoms with van der Waals surface area (Å²) in [4.78, 5) is 13.0. The van der Waals surface area contributed by atoms with Gasteiger partial charge in [-0.3, -0.25) is 4.79 Å². The molecule has 5 atom stereocenters. The third kappa shape index (κ3) is 3.70. The Balaban J connectivity index is 1.30. The molecule has 0 heterocycles. The van der Waals surface area contributed by atoms with Gasteiger partial charge < -0.3 is 5.32 Å². The minimum Gasteiger partial charge on any atom is -0.355 e. The van der Waals surface area contributed by atoms with Crippen molar-refractivity contribution in [2.24, 2.45) is 17.3 Å². The third-order valence-electron chi connectivity index (χ3n) is 9.19. The van der Waals surface area contributed by atoms with Crippen molar-refractivity contribution in [2.75, 3.05) is 6.54 Å². The molecule has 5 rings (SSSR count). The fourth-order valence-electron chi connectivity index (χ4n) is 7.19. The summed E-state index contributed by atoms with van der Waals surface area (Å²) in [5, 5.41) is 3.41. The lowest BCUT2D eigenvalue weighted by Crippen LogP contribution is -2.53. The van der Waals surface area contributed by atoms with Crippen molar-refractivity contribution in [1.29, 1.82) is 0 Å². The Morgan fingerprint density at radius 2 is 1.88 bits per heavy atom. The van der Waals surface area contributed by atoms with Crippen LogP contribution in [0.15, 0.2) is 48.5 Å². The van der Waals surface area contributed by atoms with Crippen LogP contribution in [0.1, 0.15) is 93.9 Å². The molecule has 170 valence electrons. The Hall–Kier alpha value is -2.09. The normalized spacial score (nSPS) is 33.3. The average Bonchev–Trinajstić information content (AvgIpc) is 3.59. The predicted molar refractivity (Wildman–Crippen MR) is 132 cm³/mol. The van der Waals surface area contributed by atoms with Crippen LogP contribution in [0.2, 0.25) is 0 Å². The number of carbonyl (C=O) groups is 1. The number of benzene rings is 2. The van der Waals surface area contributed by atoms with Crippen molar-refractivity contribution in [1.82, 2.24) is 5.32 Å². The highest BCUT2D eigenvalue weighted by molar-refractivity contribution is 5.82. The lowest BCUT2D eigenvalue weighted by atomic mass is 9.49. The largest absolute Gasteiger partial charge is 0.355 e. The minimum atomic E-state index is 0.164. The standard InChI is InChI=1S/C30H39NO/c1-20(2)22-11-13-26-23(17-22)12-14-27-29(3,15-8-16-30(26,27)4)19-31-28(32)25-18-24(25)21-9-6-5-7-10-21/h5-7,9-11,13,17,20,24-25,27H,8,12,14-16,18-19H2,1-4H3,(H,31,32)/t24-,25+,27-,29-,30+/m0/s1. The van der Waals surface area contributed by atoms with Crippen molar-refractivity contribution in [3.63, 3.8) is 0 Å². The molecule has 0 saturated heterocycles. The molecule has 2 fully saturated rings. The van der Waals surface area contributed by atoms with Gasteiger partial charge in [-0.2, -0.15) is 0 Å². The van der Waals surface area contributed by atoms with E-state index in [0.29, 0.717) is 17.8 Å². The Morgan fingerprint density at radius 1 is 1.09 bits per heavy atom. The molecule has 3 aliphatic carbocycles. The van der Waals surface area contributed by atoms with Crippen LogP contribution in [0, 0.1) is 17.3 Å². The smallest absolute Gasteiger partial charge is 0.223 e. The van der Waals surface area contributed by atoms with Gasteiger partial charge in [0, 0.05) is 12.5 Å². The Bertz CT molecular complexity index is 995. The SMILES string of the molecule is CC(C)c1ccc2c(c1)CC[C@H]1[C@](C)(CNC(=O)[C@@H]3C[C@H]3c3ccccc3)CCC[C@]21C. The molecule has 0 radical (unpaired) electrons. The Morgan fingerprint density at radius 3 is 2.62 bits per heavy atom. The van der Waals surface area contributed by atoms with E-state index in [1.807, 2.05) is 6.07 Å². The molecular formula is C30H39NO. The predicted octanol–water partition coefficient (Wildman–Crippen LogP) is 6.74. The molecular weight excluding hydrogens is 390 g/mol. The molecule has 2 nitrogen and oxygen atoms in total. The van der Waals surface area contributed by atoms with Crippen LogP contribution < -0.4 is 5.32 Å². The van der Waals surface area contributed by atoms with Crippen LogP contribution in [-0.4, -0.2) is 12.5 Å². The van der Waals surface area contributed by atoms with E-state index in [-0.39, 0.29) is 22.7 Å². The number of fused-ring (bicyclic) bond motifs is 3. The summed E-state index contributed by atoms with van der Waals surface area (Å²) in [5.74, 6) is 2.06. The summed E-state index contributed by atoms with van der Waals surface area (Å²) in [6.07, 6.45) is 7.17. The molecule has 0 aliphatic heterocycles. The molecule has 3 aliphatic rings. The van der Waals surface area contributed by atoms with Crippen LogP contribution in [0.5, 0.6) is 0 Å². The van der Waals surface area contributed by atoms with E-state index in [1.165, 1.54) is 43.2 Å². The van der Waals surface area contributed by atoms with E-state index in [1.54, 1.807) is 11.1 Å². The summed E-state index contributed by atoms with van der Waals surface area (Å²) in [6.45, 7) is 10.4. The summed E-state index contributed by atoms with van der Waals surface area (Å²) in [6, 6.07) is 17.8. The topological polar surface area (TPSA) is 29.1 Å². The number of amides is 1. The van der Waals surface area contributed by atoms with Crippen LogP contribution in [0.3, 0.4) is 0 Å². The van der Waals surface area contributed by atoms with Crippen LogP contribution in [0.25, 0.3) is 0 Å². The highest BCUT2D eigenvalue weighted by Gasteiger charge is 2.52. The first-order valence-corrected chi connectivity index (χ1v) is 12.8. The zero-order valence-electron chi connectivity index (χ0n) is 20.3. The van der Waals surface area contributed by atoms with Gasteiger partial charge >= 0.3 is 0 Å². The van der Waals surface area contributed by atoms with Gasteiger partial charge in [0.2, 0.25) is 5.91 Å². The van der Waals surface area contributed by atoms with Gasteiger partial charge in [0.05, 0.1) is 0 Å². The highest BCUT2D eigenvalue weighted by Crippen LogP contribution is 2.57. The average molecular weight is 430 g/mol. The zero-order chi connectivity index (χ0) is 22.5. The first-order valence-electron chi connectivity index (χ1n) is 12.8. The number of carbonyl (C=O) groups excluding carboxylic acids is 1. The molecule has 0 aromatic heterocycles. The quantitative estimate of drug-likeness (QED) is 0.560. The van der Waals surface area contributed by atoms with E-state index in [9.17, 15) is 4.79 Å². The van der Waals surface area contributed by atoms with Crippen molar-refractivity contribution in [2.45, 2.75) is 83.5 Å². The minimum absolute atomic E-state index is 0.164. The van der Waals surface area contributed by atoms with Gasteiger partial charge in [0.25, 0.3) is 0 Å². The van der Waals surface area contributed by atoms with Crippen molar-refractivity contribution in [3.05, 3.63) is 70.8 Å². The first kappa shape index (κ1) is 21.7. The molecule has 2 heteroatoms. The first-order chi connectivity index (χ1) is 15.3. The molecule has 32 heavy (non-hydrogen) atoms. The lowest BCUT2D eigenvalue weighted by molar-refractivity contribution is -0.123. The van der Waals surface area contributed by atoms with Gasteiger partial charge in [-0.15, -0.1) is 0 Å². The molecule has 0 spiro atoms. The van der Waals surface area contributed by atoms with Gasteiger partial charge in [-0.05, 0) is 82.9 Å². The lowest BCUT2D eigenvalue weighted by Gasteiger charge is -2.55. The number of rotatable bonds is 5. The molecule has 1 N–H and O–H groups in total. The van der Waals surface area contributed by atoms with E-state index >= 15 is 0 Å². The van der Waals surface area contributed by atoms with Gasteiger partial charge in [-0.1, -0.05) is 82.6 Å². The zero-order valence-corrected chi connectivity index (χ0v) is 20.3. The summed E-state index contributed by atoms with van der Waals surface area (Å²) >= 11 is 0. The fourth-order valence-corrected chi connectivity index (χ4v) is 7.19. The Kier molecular flexibility index (Phi) is 5.47. The molecule has 0 unspecified atom stereocenters. The molecule has 0 bridgehead atoms. The van der Waals surface area contributed by atoms with Crippen molar-refractivity contribution >= 4 is 5.91 Å². The second-order valence-electron chi connectivity index (χ2n) is 11.7. The molecule has 2 aromatic carbocycles.